The summed E-state index contributed by atoms with van der Waals surface area (Å²) in [4.78, 5) is 0. The van der Waals surface area contributed by atoms with Crippen molar-refractivity contribution in [2.45, 2.75) is 39.0 Å². The Kier molecular flexibility index (Phi) is 4.48. The van der Waals surface area contributed by atoms with Crippen LogP contribution in [0.15, 0.2) is 0 Å². The van der Waals surface area contributed by atoms with Gasteiger partial charge in [-0.15, -0.1) is 0 Å². The Morgan fingerprint density at radius 2 is 1.58 bits per heavy atom. The molecule has 0 heterocycles. The van der Waals surface area contributed by atoms with Crippen molar-refractivity contribution in [1.29, 1.82) is 0 Å². The molecule has 0 fully saturated rings. The number of hydrogen-bond donors (Lipinski definition) is 0. The molecule has 0 saturated carbocycles. The first-order chi connectivity index (χ1) is 5.27. The van der Waals surface area contributed by atoms with Gasteiger partial charge in [0.25, 0.3) is 0 Å². The monoisotopic (exact) mass is 208 g/mol. The van der Waals surface area contributed by atoms with Crippen LogP contribution in [-0.2, 0) is 9.84 Å². The van der Waals surface area contributed by atoms with Crippen molar-refractivity contribution in [2.75, 3.05) is 11.5 Å². The van der Waals surface area contributed by atoms with E-state index in [2.05, 4.69) is 19.6 Å². The summed E-state index contributed by atoms with van der Waals surface area (Å²) >= 11 is 0. The van der Waals surface area contributed by atoms with Gasteiger partial charge in [-0.2, -0.15) is 0 Å². The van der Waals surface area contributed by atoms with E-state index in [0.717, 1.165) is 12.5 Å². The lowest BCUT2D eigenvalue weighted by molar-refractivity contribution is 0.595. The van der Waals surface area contributed by atoms with Crippen molar-refractivity contribution in [1.82, 2.24) is 0 Å². The Bertz CT molecular complexity index is 214. The van der Waals surface area contributed by atoms with Gasteiger partial charge in [0.05, 0.1) is 0 Å². The quantitative estimate of drug-likeness (QED) is 0.649. The molecule has 0 aromatic carbocycles. The SMILES string of the molecule is CCCS(=O)(=O)CC[Si](C)(C)C. The number of rotatable bonds is 5. The minimum Gasteiger partial charge on any atom is -0.229 e. The van der Waals surface area contributed by atoms with Gasteiger partial charge in [0.2, 0.25) is 0 Å². The van der Waals surface area contributed by atoms with E-state index >= 15 is 0 Å². The molecule has 0 N–H and O–H groups in total. The van der Waals surface area contributed by atoms with E-state index in [1.807, 2.05) is 6.92 Å². The molecule has 0 aliphatic rings. The van der Waals surface area contributed by atoms with E-state index in [-0.39, 0.29) is 0 Å². The van der Waals surface area contributed by atoms with Crippen LogP contribution in [-0.4, -0.2) is 28.0 Å². The summed E-state index contributed by atoms with van der Waals surface area (Å²) in [6.45, 7) is 8.52. The van der Waals surface area contributed by atoms with Crippen molar-refractivity contribution in [2.24, 2.45) is 0 Å². The first-order valence-electron chi connectivity index (χ1n) is 4.47. The average Bonchev–Trinajstić information content (AvgIpc) is 1.83. The summed E-state index contributed by atoms with van der Waals surface area (Å²) in [7, 11) is -3.91. The van der Waals surface area contributed by atoms with Gasteiger partial charge in [0.1, 0.15) is 9.84 Å². The van der Waals surface area contributed by atoms with Gasteiger partial charge in [-0.05, 0) is 12.5 Å². The maximum absolute atomic E-state index is 11.3. The maximum Gasteiger partial charge on any atom is 0.150 e. The lowest BCUT2D eigenvalue weighted by Gasteiger charge is -2.14. The van der Waals surface area contributed by atoms with Crippen LogP contribution in [0.25, 0.3) is 0 Å². The highest BCUT2D eigenvalue weighted by Gasteiger charge is 2.17. The van der Waals surface area contributed by atoms with Gasteiger partial charge in [0, 0.05) is 19.6 Å². The Hall–Kier alpha value is 0.167. The second-order valence-electron chi connectivity index (χ2n) is 4.46. The molecule has 0 rings (SSSR count). The highest BCUT2D eigenvalue weighted by Crippen LogP contribution is 2.10. The first-order valence-corrected chi connectivity index (χ1v) is 10.00. The van der Waals surface area contributed by atoms with E-state index in [9.17, 15) is 8.42 Å². The highest BCUT2D eigenvalue weighted by molar-refractivity contribution is 7.91. The normalized spacial score (nSPS) is 13.3. The fourth-order valence-corrected chi connectivity index (χ4v) is 5.39. The second kappa shape index (κ2) is 4.42. The number of sulfone groups is 1. The standard InChI is InChI=1S/C8H20O2SSi/c1-5-6-11(9,10)7-8-12(2,3)4/h5-8H2,1-4H3. The molecule has 2 nitrogen and oxygen atoms in total. The van der Waals surface area contributed by atoms with Crippen LogP contribution < -0.4 is 0 Å². The molecule has 0 bridgehead atoms. The topological polar surface area (TPSA) is 34.1 Å². The summed E-state index contributed by atoms with van der Waals surface area (Å²) in [5.41, 5.74) is 0. The zero-order chi connectivity index (χ0) is 9.83. The number of hydrogen-bond acceptors (Lipinski definition) is 2. The molecule has 0 amide bonds. The van der Waals surface area contributed by atoms with Gasteiger partial charge in [-0.3, -0.25) is 0 Å². The zero-order valence-electron chi connectivity index (χ0n) is 8.55. The third kappa shape index (κ3) is 6.85. The third-order valence-electron chi connectivity index (χ3n) is 1.68. The predicted octanol–water partition coefficient (Wildman–Crippen LogP) is 2.15. The van der Waals surface area contributed by atoms with E-state index < -0.39 is 17.9 Å². The molecule has 74 valence electrons. The lowest BCUT2D eigenvalue weighted by Crippen LogP contribution is -2.24. The molecule has 0 atom stereocenters. The maximum atomic E-state index is 11.3. The van der Waals surface area contributed by atoms with Crippen molar-refractivity contribution in [3.05, 3.63) is 0 Å². The highest BCUT2D eigenvalue weighted by atomic mass is 32.2. The van der Waals surface area contributed by atoms with Gasteiger partial charge < -0.3 is 0 Å². The Morgan fingerprint density at radius 3 is 1.92 bits per heavy atom. The van der Waals surface area contributed by atoms with Crippen LogP contribution in [0.2, 0.25) is 25.7 Å². The van der Waals surface area contributed by atoms with Crippen LogP contribution in [0.4, 0.5) is 0 Å². The molecular formula is C8H20O2SSi. The molecule has 0 aromatic rings. The van der Waals surface area contributed by atoms with Gasteiger partial charge >= 0.3 is 0 Å². The fourth-order valence-electron chi connectivity index (χ4n) is 0.875. The van der Waals surface area contributed by atoms with Crippen LogP contribution in [0.5, 0.6) is 0 Å². The van der Waals surface area contributed by atoms with Crippen molar-refractivity contribution >= 4 is 17.9 Å². The first kappa shape index (κ1) is 12.2. The average molecular weight is 208 g/mol. The third-order valence-corrected chi connectivity index (χ3v) is 5.65. The largest absolute Gasteiger partial charge is 0.229 e. The molecule has 0 saturated heterocycles. The van der Waals surface area contributed by atoms with Crippen molar-refractivity contribution < 1.29 is 8.42 Å². The lowest BCUT2D eigenvalue weighted by atomic mass is 10.6. The van der Waals surface area contributed by atoms with E-state index in [1.54, 1.807) is 0 Å². The fraction of sp³-hybridized carbons (Fsp3) is 1.00. The van der Waals surface area contributed by atoms with Gasteiger partial charge in [0.15, 0.2) is 0 Å². The molecular weight excluding hydrogens is 188 g/mol. The summed E-state index contributed by atoms with van der Waals surface area (Å²) in [5.74, 6) is 0.758. The molecule has 0 unspecified atom stereocenters. The molecule has 4 heteroatoms. The van der Waals surface area contributed by atoms with E-state index in [0.29, 0.717) is 11.5 Å². The predicted molar refractivity (Wildman–Crippen MR) is 57.1 cm³/mol. The van der Waals surface area contributed by atoms with Crippen LogP contribution in [0.3, 0.4) is 0 Å². The van der Waals surface area contributed by atoms with E-state index in [4.69, 9.17) is 0 Å². The van der Waals surface area contributed by atoms with Crippen LogP contribution in [0, 0.1) is 0 Å². The summed E-state index contributed by atoms with van der Waals surface area (Å²) < 4.78 is 22.6. The summed E-state index contributed by atoms with van der Waals surface area (Å²) in [6, 6.07) is 0.898. The Balaban J connectivity index is 3.94. The van der Waals surface area contributed by atoms with Gasteiger partial charge in [-0.25, -0.2) is 8.42 Å². The molecule has 0 aliphatic carbocycles. The van der Waals surface area contributed by atoms with E-state index in [1.165, 1.54) is 0 Å². The summed E-state index contributed by atoms with van der Waals surface area (Å²) in [5, 5.41) is 0. The minimum absolute atomic E-state index is 0.359. The van der Waals surface area contributed by atoms with Crippen molar-refractivity contribution in [3.63, 3.8) is 0 Å². The Morgan fingerprint density at radius 1 is 1.08 bits per heavy atom. The van der Waals surface area contributed by atoms with Crippen LogP contribution in [0.1, 0.15) is 13.3 Å². The van der Waals surface area contributed by atoms with Gasteiger partial charge in [-0.1, -0.05) is 26.6 Å². The molecule has 0 spiro atoms. The van der Waals surface area contributed by atoms with Crippen molar-refractivity contribution in [3.8, 4) is 0 Å². The molecule has 12 heavy (non-hydrogen) atoms. The zero-order valence-corrected chi connectivity index (χ0v) is 10.4. The van der Waals surface area contributed by atoms with Crippen LogP contribution >= 0.6 is 0 Å². The molecule has 0 radical (unpaired) electrons. The minimum atomic E-state index is -2.73. The second-order valence-corrected chi connectivity index (χ2v) is 12.4. The molecule has 0 aromatic heterocycles. The molecule has 0 aliphatic heterocycles. The smallest absolute Gasteiger partial charge is 0.150 e. The summed E-state index contributed by atoms with van der Waals surface area (Å²) in [6.07, 6.45) is 0.744. The Labute approximate surface area is 77.3 Å².